The van der Waals surface area contributed by atoms with E-state index in [0.29, 0.717) is 35.3 Å². The molecule has 1 aliphatic heterocycles. The Morgan fingerprint density at radius 1 is 0.914 bits per heavy atom. The van der Waals surface area contributed by atoms with Gasteiger partial charge in [-0.1, -0.05) is 60.7 Å². The molecule has 1 aliphatic rings. The minimum Gasteiger partial charge on any atom is -1.00 e. The summed E-state index contributed by atoms with van der Waals surface area (Å²) >= 11 is 1.21. The van der Waals surface area contributed by atoms with Crippen molar-refractivity contribution >= 4 is 34.4 Å². The minimum absolute atomic E-state index is 0. The number of halogens is 2. The van der Waals surface area contributed by atoms with Gasteiger partial charge in [0.05, 0.1) is 4.91 Å². The lowest BCUT2D eigenvalue weighted by Crippen LogP contribution is -3.00. The summed E-state index contributed by atoms with van der Waals surface area (Å²) in [6.07, 6.45) is 2.72. The number of anilines is 1. The van der Waals surface area contributed by atoms with E-state index >= 15 is 0 Å². The van der Waals surface area contributed by atoms with E-state index < -0.39 is 5.91 Å². The molecular formula is C27H24BrFN3O2S-. The summed E-state index contributed by atoms with van der Waals surface area (Å²) in [6, 6.07) is 25.4. The number of amidine groups is 1. The molecule has 5 nitrogen and oxygen atoms in total. The Morgan fingerprint density at radius 3 is 2.14 bits per heavy atom. The monoisotopic (exact) mass is 552 g/mol. The highest BCUT2D eigenvalue weighted by atomic mass is 79.9. The Kier molecular flexibility index (Phi) is 9.81. The lowest BCUT2D eigenvalue weighted by Gasteiger charge is -2.15. The molecule has 0 aliphatic carbocycles. The number of rotatable bonds is 8. The van der Waals surface area contributed by atoms with Crippen LogP contribution < -0.4 is 22.3 Å². The topological polar surface area (TPSA) is 61.8 Å². The number of hydrogen-bond donors (Lipinski definition) is 1. The lowest BCUT2D eigenvalue weighted by atomic mass is 10.1. The van der Waals surface area contributed by atoms with Crippen LogP contribution in [0.25, 0.3) is 0 Å². The van der Waals surface area contributed by atoms with Crippen LogP contribution in [0.1, 0.15) is 11.1 Å². The van der Waals surface area contributed by atoms with Crippen LogP contribution in [-0.4, -0.2) is 35.0 Å². The number of carbonyl (C=O) groups excluding carboxylic acids is 2. The van der Waals surface area contributed by atoms with Crippen LogP contribution >= 0.6 is 11.8 Å². The Labute approximate surface area is 218 Å². The standard InChI is InChI=1S/C27H24FN3O2S.BrH/c28-22-11-13-23(14-12-22)30-25(32)19-24-26(33)31(18-16-21-9-5-2-6-10-21)27(34-24)29-17-15-20-7-3-1-4-8-20;/h1-14,19H,15-18H2,(H,30,32);1H/p-1/b24-19+,29-27?;. The fourth-order valence-corrected chi connectivity index (χ4v) is 4.46. The molecule has 0 atom stereocenters. The van der Waals surface area contributed by atoms with Gasteiger partial charge in [-0.2, -0.15) is 0 Å². The summed E-state index contributed by atoms with van der Waals surface area (Å²) in [4.78, 5) is 32.2. The van der Waals surface area contributed by atoms with E-state index in [-0.39, 0.29) is 28.7 Å². The first kappa shape index (κ1) is 26.4. The molecule has 4 rings (SSSR count). The van der Waals surface area contributed by atoms with E-state index in [1.807, 2.05) is 60.7 Å². The molecule has 0 unspecified atom stereocenters. The lowest BCUT2D eigenvalue weighted by molar-refractivity contribution is -0.122. The van der Waals surface area contributed by atoms with Crippen molar-refractivity contribution in [1.82, 2.24) is 4.90 Å². The van der Waals surface area contributed by atoms with E-state index in [1.54, 1.807) is 4.90 Å². The van der Waals surface area contributed by atoms with Crippen LogP contribution in [0.15, 0.2) is 101 Å². The van der Waals surface area contributed by atoms with E-state index in [1.165, 1.54) is 47.7 Å². The van der Waals surface area contributed by atoms with E-state index in [2.05, 4.69) is 10.3 Å². The molecule has 3 aromatic carbocycles. The molecule has 8 heteroatoms. The maximum atomic E-state index is 13.1. The van der Waals surface area contributed by atoms with Crippen molar-refractivity contribution in [2.45, 2.75) is 12.8 Å². The molecule has 2 amide bonds. The molecule has 1 N–H and O–H groups in total. The average Bonchev–Trinajstić information content (AvgIpc) is 3.14. The third-order valence-corrected chi connectivity index (χ3v) is 6.26. The zero-order valence-corrected chi connectivity index (χ0v) is 21.3. The van der Waals surface area contributed by atoms with Gasteiger partial charge in [0.2, 0.25) is 5.91 Å². The first-order valence-corrected chi connectivity index (χ1v) is 11.8. The largest absolute Gasteiger partial charge is 1.00 e. The SMILES string of the molecule is O=C(/C=C1/SC(=NCCc2ccccc2)N(CCc2ccccc2)C1=O)Nc1ccc(F)cc1.[Br-]. The minimum atomic E-state index is -0.448. The highest BCUT2D eigenvalue weighted by Gasteiger charge is 2.33. The molecule has 180 valence electrons. The van der Waals surface area contributed by atoms with Gasteiger partial charge in [0.25, 0.3) is 5.91 Å². The molecule has 35 heavy (non-hydrogen) atoms. The smallest absolute Gasteiger partial charge is 0.266 e. The maximum Gasteiger partial charge on any atom is 0.266 e. The van der Waals surface area contributed by atoms with Crippen molar-refractivity contribution in [2.75, 3.05) is 18.4 Å². The highest BCUT2D eigenvalue weighted by Crippen LogP contribution is 2.31. The Balaban J connectivity index is 0.00000342. The zero-order chi connectivity index (χ0) is 23.8. The van der Waals surface area contributed by atoms with Crippen LogP contribution in [-0.2, 0) is 22.4 Å². The molecule has 3 aromatic rings. The summed E-state index contributed by atoms with van der Waals surface area (Å²) in [5.74, 6) is -1.08. The van der Waals surface area contributed by atoms with Crippen LogP contribution in [0.2, 0.25) is 0 Å². The second-order valence-electron chi connectivity index (χ2n) is 7.70. The second-order valence-corrected chi connectivity index (χ2v) is 8.71. The fraction of sp³-hybridized carbons (Fsp3) is 0.148. The number of thioether (sulfide) groups is 1. The molecule has 0 aromatic heterocycles. The van der Waals surface area contributed by atoms with Gasteiger partial charge in [0.1, 0.15) is 5.82 Å². The number of amides is 2. The molecular weight excluding hydrogens is 529 g/mol. The highest BCUT2D eigenvalue weighted by molar-refractivity contribution is 8.18. The average molecular weight is 553 g/mol. The third kappa shape index (κ3) is 7.63. The number of nitrogens with zero attached hydrogens (tertiary/aromatic N) is 2. The van der Waals surface area contributed by atoms with Gasteiger partial charge in [-0.15, -0.1) is 0 Å². The van der Waals surface area contributed by atoms with Crippen molar-refractivity contribution in [2.24, 2.45) is 4.99 Å². The van der Waals surface area contributed by atoms with E-state index in [9.17, 15) is 14.0 Å². The van der Waals surface area contributed by atoms with Gasteiger partial charge in [-0.3, -0.25) is 19.5 Å². The predicted octanol–water partition coefficient (Wildman–Crippen LogP) is 2.07. The summed E-state index contributed by atoms with van der Waals surface area (Å²) in [5.41, 5.74) is 2.75. The number of carbonyl (C=O) groups is 2. The van der Waals surface area contributed by atoms with Gasteiger partial charge >= 0.3 is 0 Å². The van der Waals surface area contributed by atoms with Crippen molar-refractivity contribution in [3.63, 3.8) is 0 Å². The van der Waals surface area contributed by atoms with Crippen LogP contribution in [0.3, 0.4) is 0 Å². The van der Waals surface area contributed by atoms with Crippen molar-refractivity contribution < 1.29 is 31.0 Å². The molecule has 0 spiro atoms. The van der Waals surface area contributed by atoms with Gasteiger partial charge in [-0.25, -0.2) is 4.39 Å². The Hall–Kier alpha value is -3.23. The summed E-state index contributed by atoms with van der Waals surface area (Å²) in [6.45, 7) is 1.01. The van der Waals surface area contributed by atoms with Crippen LogP contribution in [0, 0.1) is 5.82 Å². The summed E-state index contributed by atoms with van der Waals surface area (Å²) < 4.78 is 13.1. The van der Waals surface area contributed by atoms with Crippen LogP contribution in [0.5, 0.6) is 0 Å². The van der Waals surface area contributed by atoms with E-state index in [0.717, 1.165) is 12.0 Å². The van der Waals surface area contributed by atoms with Crippen LogP contribution in [0.4, 0.5) is 10.1 Å². The van der Waals surface area contributed by atoms with Crippen molar-refractivity contribution in [3.8, 4) is 0 Å². The normalized spacial score (nSPS) is 15.3. The fourth-order valence-electron chi connectivity index (χ4n) is 3.46. The molecule has 1 fully saturated rings. The van der Waals surface area contributed by atoms with Crippen molar-refractivity contribution in [1.29, 1.82) is 0 Å². The van der Waals surface area contributed by atoms with E-state index in [4.69, 9.17) is 0 Å². The van der Waals surface area contributed by atoms with Gasteiger partial charge in [-0.05, 0) is 60.0 Å². The zero-order valence-electron chi connectivity index (χ0n) is 18.9. The Morgan fingerprint density at radius 2 is 1.51 bits per heavy atom. The van der Waals surface area contributed by atoms with Gasteiger partial charge in [0, 0.05) is 24.9 Å². The van der Waals surface area contributed by atoms with Crippen molar-refractivity contribution in [3.05, 3.63) is 113 Å². The number of hydrogen-bond acceptors (Lipinski definition) is 4. The van der Waals surface area contributed by atoms with Gasteiger partial charge in [0.15, 0.2) is 5.17 Å². The second kappa shape index (κ2) is 13.0. The number of nitrogens with one attached hydrogen (secondary N) is 1. The maximum absolute atomic E-state index is 13.1. The summed E-state index contributed by atoms with van der Waals surface area (Å²) in [5, 5.41) is 3.26. The first-order chi connectivity index (χ1) is 16.6. The predicted molar refractivity (Wildman–Crippen MR) is 135 cm³/mol. The quantitative estimate of drug-likeness (QED) is 0.435. The number of aliphatic imine (C=N–C) groups is 1. The Bertz CT molecular complexity index is 1200. The molecule has 0 radical (unpaired) electrons. The molecule has 0 saturated carbocycles. The first-order valence-electron chi connectivity index (χ1n) is 11.0. The molecule has 1 heterocycles. The molecule has 0 bridgehead atoms. The van der Waals surface area contributed by atoms with Gasteiger partial charge < -0.3 is 22.3 Å². The summed E-state index contributed by atoms with van der Waals surface area (Å²) in [7, 11) is 0. The number of benzene rings is 3. The third-order valence-electron chi connectivity index (χ3n) is 5.22. The molecule has 1 saturated heterocycles.